The smallest absolute Gasteiger partial charge is 0.261 e. The molecule has 4 aromatic rings. The Morgan fingerprint density at radius 1 is 1.00 bits per heavy atom. The molecule has 7 nitrogen and oxygen atoms in total. The number of para-hydroxylation sites is 1. The summed E-state index contributed by atoms with van der Waals surface area (Å²) in [5, 5.41) is 3.45. The largest absolute Gasteiger partial charge is 0.352 e. The Morgan fingerprint density at radius 2 is 1.86 bits per heavy atom. The predicted octanol–water partition coefficient (Wildman–Crippen LogP) is 2.56. The van der Waals surface area contributed by atoms with Gasteiger partial charge in [0.2, 0.25) is 5.91 Å². The van der Waals surface area contributed by atoms with Gasteiger partial charge in [-0.05, 0) is 35.9 Å². The summed E-state index contributed by atoms with van der Waals surface area (Å²) in [5.74, 6) is -0.147. The molecule has 1 amide bonds. The number of benzene rings is 1. The third-order valence-corrected chi connectivity index (χ3v) is 4.61. The first-order valence-corrected chi connectivity index (χ1v) is 9.27. The Hall–Kier alpha value is -3.87. The van der Waals surface area contributed by atoms with E-state index in [1.54, 1.807) is 36.8 Å². The number of nitrogens with zero attached hydrogens (tertiary/aromatic N) is 4. The zero-order chi connectivity index (χ0) is 20.1. The first-order valence-electron chi connectivity index (χ1n) is 9.27. The van der Waals surface area contributed by atoms with Gasteiger partial charge in [-0.15, -0.1) is 0 Å². The molecule has 0 aliphatic carbocycles. The second kappa shape index (κ2) is 8.43. The second-order valence-electron chi connectivity index (χ2n) is 6.54. The van der Waals surface area contributed by atoms with Crippen LogP contribution in [0.15, 0.2) is 78.2 Å². The van der Waals surface area contributed by atoms with E-state index in [4.69, 9.17) is 0 Å². The Balaban J connectivity index is 1.41. The maximum absolute atomic E-state index is 12.5. The molecule has 144 valence electrons. The number of fused-ring (bicyclic) bond motifs is 1. The van der Waals surface area contributed by atoms with Crippen LogP contribution in [0.5, 0.6) is 0 Å². The topological polar surface area (TPSA) is 89.8 Å². The molecular formula is C22H19N5O2. The highest BCUT2D eigenvalue weighted by atomic mass is 16.1. The van der Waals surface area contributed by atoms with Gasteiger partial charge in [0.1, 0.15) is 0 Å². The molecule has 0 radical (unpaired) electrons. The molecule has 0 atom stereocenters. The van der Waals surface area contributed by atoms with Crippen LogP contribution in [0.3, 0.4) is 0 Å². The predicted molar refractivity (Wildman–Crippen MR) is 110 cm³/mol. The second-order valence-corrected chi connectivity index (χ2v) is 6.54. The number of nitrogens with one attached hydrogen (secondary N) is 1. The van der Waals surface area contributed by atoms with E-state index in [1.807, 2.05) is 30.3 Å². The number of aromatic nitrogens is 4. The zero-order valence-electron chi connectivity index (χ0n) is 15.7. The fourth-order valence-corrected chi connectivity index (χ4v) is 3.11. The highest BCUT2D eigenvalue weighted by Crippen LogP contribution is 2.19. The summed E-state index contributed by atoms with van der Waals surface area (Å²) in [6.45, 7) is 0.618. The Kier molecular flexibility index (Phi) is 5.38. The van der Waals surface area contributed by atoms with E-state index < -0.39 is 0 Å². The van der Waals surface area contributed by atoms with Crippen LogP contribution in [0.1, 0.15) is 12.0 Å². The molecule has 29 heavy (non-hydrogen) atoms. The lowest BCUT2D eigenvalue weighted by molar-refractivity contribution is -0.121. The van der Waals surface area contributed by atoms with Crippen LogP contribution in [-0.2, 0) is 17.9 Å². The lowest BCUT2D eigenvalue weighted by atomic mass is 10.1. The first-order chi connectivity index (χ1) is 14.2. The average molecular weight is 385 g/mol. The van der Waals surface area contributed by atoms with Gasteiger partial charge in [-0.1, -0.05) is 18.2 Å². The molecule has 7 heteroatoms. The van der Waals surface area contributed by atoms with Crippen molar-refractivity contribution in [2.45, 2.75) is 19.5 Å². The number of rotatable bonds is 6. The molecule has 4 rings (SSSR count). The summed E-state index contributed by atoms with van der Waals surface area (Å²) < 4.78 is 1.47. The molecule has 1 aromatic carbocycles. The molecule has 0 fully saturated rings. The minimum atomic E-state index is -0.147. The van der Waals surface area contributed by atoms with Crippen molar-refractivity contribution in [2.75, 3.05) is 0 Å². The minimum absolute atomic E-state index is 0.144. The van der Waals surface area contributed by atoms with Crippen molar-refractivity contribution in [3.8, 4) is 11.3 Å². The van der Waals surface area contributed by atoms with Gasteiger partial charge >= 0.3 is 0 Å². The number of hydrogen-bond donors (Lipinski definition) is 1. The van der Waals surface area contributed by atoms with Crippen LogP contribution in [0, 0.1) is 0 Å². The monoisotopic (exact) mass is 385 g/mol. The van der Waals surface area contributed by atoms with Crippen LogP contribution >= 0.6 is 0 Å². The van der Waals surface area contributed by atoms with Crippen molar-refractivity contribution in [1.29, 1.82) is 0 Å². The van der Waals surface area contributed by atoms with Gasteiger partial charge in [-0.25, -0.2) is 4.98 Å². The average Bonchev–Trinajstić information content (AvgIpc) is 2.78. The fourth-order valence-electron chi connectivity index (χ4n) is 3.11. The molecule has 3 aromatic heterocycles. The highest BCUT2D eigenvalue weighted by molar-refractivity contribution is 5.77. The van der Waals surface area contributed by atoms with E-state index in [-0.39, 0.29) is 24.4 Å². The molecule has 0 bridgehead atoms. The Bertz CT molecular complexity index is 1200. The molecule has 1 N–H and O–H groups in total. The lowest BCUT2D eigenvalue weighted by Crippen LogP contribution is -2.27. The molecule has 0 saturated heterocycles. The van der Waals surface area contributed by atoms with Crippen LogP contribution in [0.2, 0.25) is 0 Å². The zero-order valence-corrected chi connectivity index (χ0v) is 15.7. The Labute approximate surface area is 167 Å². The van der Waals surface area contributed by atoms with E-state index in [1.165, 1.54) is 10.9 Å². The van der Waals surface area contributed by atoms with Crippen molar-refractivity contribution in [3.05, 3.63) is 89.4 Å². The maximum Gasteiger partial charge on any atom is 0.261 e. The fraction of sp³-hybridized carbons (Fsp3) is 0.136. The van der Waals surface area contributed by atoms with E-state index >= 15 is 0 Å². The van der Waals surface area contributed by atoms with E-state index in [0.29, 0.717) is 17.4 Å². The first kappa shape index (κ1) is 18.5. The third-order valence-electron chi connectivity index (χ3n) is 4.61. The normalized spacial score (nSPS) is 10.8. The molecule has 0 aliphatic rings. The number of hydrogen-bond acceptors (Lipinski definition) is 5. The van der Waals surface area contributed by atoms with Crippen molar-refractivity contribution in [3.63, 3.8) is 0 Å². The van der Waals surface area contributed by atoms with Gasteiger partial charge in [0.25, 0.3) is 5.56 Å². The van der Waals surface area contributed by atoms with Gasteiger partial charge in [0.15, 0.2) is 0 Å². The number of pyridine rings is 2. The number of carbonyl (C=O) groups excluding carboxylic acids is 1. The van der Waals surface area contributed by atoms with Crippen LogP contribution < -0.4 is 10.9 Å². The SMILES string of the molecule is O=C(CCn1cnc2ccccc2c1=O)NCc1cccnc1-c1cccnc1. The number of carbonyl (C=O) groups is 1. The third kappa shape index (κ3) is 4.19. The van der Waals surface area contributed by atoms with Crippen LogP contribution in [0.4, 0.5) is 0 Å². The summed E-state index contributed by atoms with van der Waals surface area (Å²) in [6, 6.07) is 14.7. The summed E-state index contributed by atoms with van der Waals surface area (Å²) in [7, 11) is 0. The van der Waals surface area contributed by atoms with E-state index in [2.05, 4.69) is 20.3 Å². The number of amides is 1. The molecule has 3 heterocycles. The van der Waals surface area contributed by atoms with Crippen molar-refractivity contribution in [1.82, 2.24) is 24.8 Å². The summed E-state index contributed by atoms with van der Waals surface area (Å²) >= 11 is 0. The van der Waals surface area contributed by atoms with Crippen molar-refractivity contribution in [2.24, 2.45) is 0 Å². The molecule has 0 saturated carbocycles. The maximum atomic E-state index is 12.5. The van der Waals surface area contributed by atoms with Gasteiger partial charge < -0.3 is 5.32 Å². The molecule has 0 aliphatic heterocycles. The van der Waals surface area contributed by atoms with E-state index in [9.17, 15) is 9.59 Å². The standard InChI is InChI=1S/C22H19N5O2/c28-20(9-12-27-15-26-19-8-2-1-7-18(19)22(27)29)25-14-17-6-4-11-24-21(17)16-5-3-10-23-13-16/h1-8,10-11,13,15H,9,12,14H2,(H,25,28). The Morgan fingerprint density at radius 3 is 2.72 bits per heavy atom. The van der Waals surface area contributed by atoms with Gasteiger partial charge in [0.05, 0.1) is 22.9 Å². The minimum Gasteiger partial charge on any atom is -0.352 e. The summed E-state index contributed by atoms with van der Waals surface area (Å²) in [4.78, 5) is 37.6. The quantitative estimate of drug-likeness (QED) is 0.551. The van der Waals surface area contributed by atoms with Crippen LogP contribution in [-0.4, -0.2) is 25.4 Å². The lowest BCUT2D eigenvalue weighted by Gasteiger charge is -2.10. The highest BCUT2D eigenvalue weighted by Gasteiger charge is 2.09. The summed E-state index contributed by atoms with van der Waals surface area (Å²) in [6.07, 6.45) is 6.83. The number of aryl methyl sites for hydroxylation is 1. The van der Waals surface area contributed by atoms with Gasteiger partial charge in [-0.2, -0.15) is 0 Å². The molecule has 0 spiro atoms. The van der Waals surface area contributed by atoms with Crippen molar-refractivity contribution < 1.29 is 4.79 Å². The van der Waals surface area contributed by atoms with E-state index in [0.717, 1.165) is 16.8 Å². The van der Waals surface area contributed by atoms with Crippen LogP contribution in [0.25, 0.3) is 22.2 Å². The molecule has 0 unspecified atom stereocenters. The molecular weight excluding hydrogens is 366 g/mol. The van der Waals surface area contributed by atoms with Gasteiger partial charge in [0, 0.05) is 43.7 Å². The van der Waals surface area contributed by atoms with Gasteiger partial charge in [-0.3, -0.25) is 24.1 Å². The van der Waals surface area contributed by atoms with Crippen molar-refractivity contribution >= 4 is 16.8 Å². The summed E-state index contributed by atoms with van der Waals surface area (Å²) in [5.41, 5.74) is 3.09.